The summed E-state index contributed by atoms with van der Waals surface area (Å²) in [6.45, 7) is 2.12. The van der Waals surface area contributed by atoms with E-state index < -0.39 is 0 Å². The highest BCUT2D eigenvalue weighted by Gasteiger charge is 2.12. The molecule has 90 valence electrons. The smallest absolute Gasteiger partial charge is 0.198 e. The van der Waals surface area contributed by atoms with Gasteiger partial charge in [0.15, 0.2) is 23.1 Å². The van der Waals surface area contributed by atoms with Crippen molar-refractivity contribution in [3.05, 3.63) is 36.3 Å². The maximum atomic E-state index is 11.8. The lowest BCUT2D eigenvalue weighted by Gasteiger charge is -1.96. The van der Waals surface area contributed by atoms with E-state index in [9.17, 15) is 4.79 Å². The van der Waals surface area contributed by atoms with Crippen molar-refractivity contribution >= 4 is 5.78 Å². The van der Waals surface area contributed by atoms with E-state index in [4.69, 9.17) is 8.83 Å². The number of furan rings is 2. The molecule has 0 aromatic carbocycles. The summed E-state index contributed by atoms with van der Waals surface area (Å²) in [5, 5.41) is 0. The van der Waals surface area contributed by atoms with E-state index in [0.717, 1.165) is 19.3 Å². The SMILES string of the molecule is CCCCCC(=O)c1ccc(-c2ccco2)o1. The van der Waals surface area contributed by atoms with Gasteiger partial charge in [0.05, 0.1) is 6.26 Å². The van der Waals surface area contributed by atoms with Crippen LogP contribution in [-0.2, 0) is 0 Å². The Morgan fingerprint density at radius 3 is 2.76 bits per heavy atom. The van der Waals surface area contributed by atoms with Crippen LogP contribution >= 0.6 is 0 Å². The minimum Gasteiger partial charge on any atom is -0.461 e. The summed E-state index contributed by atoms with van der Waals surface area (Å²) in [7, 11) is 0. The molecule has 0 unspecified atom stereocenters. The fraction of sp³-hybridized carbons (Fsp3) is 0.357. The first-order chi connectivity index (χ1) is 8.31. The van der Waals surface area contributed by atoms with Crippen molar-refractivity contribution in [2.45, 2.75) is 32.6 Å². The van der Waals surface area contributed by atoms with Crippen LogP contribution in [0.25, 0.3) is 11.5 Å². The molecular formula is C14H16O3. The number of Topliss-reactive ketones (excluding diaryl/α,β-unsaturated/α-hetero) is 1. The number of hydrogen-bond donors (Lipinski definition) is 0. The second kappa shape index (κ2) is 5.53. The van der Waals surface area contributed by atoms with Crippen LogP contribution in [0.2, 0.25) is 0 Å². The molecular weight excluding hydrogens is 216 g/mol. The molecule has 17 heavy (non-hydrogen) atoms. The Kier molecular flexibility index (Phi) is 3.81. The number of unbranched alkanes of at least 4 members (excludes halogenated alkanes) is 2. The van der Waals surface area contributed by atoms with E-state index in [1.165, 1.54) is 0 Å². The zero-order chi connectivity index (χ0) is 12.1. The van der Waals surface area contributed by atoms with Crippen LogP contribution in [0.4, 0.5) is 0 Å². The highest BCUT2D eigenvalue weighted by molar-refractivity contribution is 5.93. The van der Waals surface area contributed by atoms with Gasteiger partial charge in [0.2, 0.25) is 0 Å². The number of ketones is 1. The number of carbonyl (C=O) groups excluding carboxylic acids is 1. The quantitative estimate of drug-likeness (QED) is 0.550. The van der Waals surface area contributed by atoms with Gasteiger partial charge in [-0.3, -0.25) is 4.79 Å². The first-order valence-electron chi connectivity index (χ1n) is 5.98. The maximum Gasteiger partial charge on any atom is 0.198 e. The molecule has 0 aliphatic heterocycles. The fourth-order valence-corrected chi connectivity index (χ4v) is 1.70. The molecule has 0 N–H and O–H groups in total. The lowest BCUT2D eigenvalue weighted by atomic mass is 10.1. The van der Waals surface area contributed by atoms with Gasteiger partial charge in [0.25, 0.3) is 0 Å². The third-order valence-electron chi connectivity index (χ3n) is 2.65. The zero-order valence-electron chi connectivity index (χ0n) is 9.94. The van der Waals surface area contributed by atoms with E-state index in [2.05, 4.69) is 6.92 Å². The molecule has 0 amide bonds. The summed E-state index contributed by atoms with van der Waals surface area (Å²) < 4.78 is 10.7. The number of rotatable bonds is 6. The van der Waals surface area contributed by atoms with Crippen LogP contribution in [0.5, 0.6) is 0 Å². The minimum absolute atomic E-state index is 0.0660. The van der Waals surface area contributed by atoms with E-state index in [1.54, 1.807) is 24.5 Å². The summed E-state index contributed by atoms with van der Waals surface area (Å²) in [5.41, 5.74) is 0. The largest absolute Gasteiger partial charge is 0.461 e. The van der Waals surface area contributed by atoms with Crippen LogP contribution in [0.15, 0.2) is 39.4 Å². The van der Waals surface area contributed by atoms with Gasteiger partial charge < -0.3 is 8.83 Å². The van der Waals surface area contributed by atoms with Gasteiger partial charge in [-0.05, 0) is 30.7 Å². The molecule has 2 aromatic heterocycles. The number of carbonyl (C=O) groups is 1. The van der Waals surface area contributed by atoms with E-state index in [0.29, 0.717) is 23.7 Å². The molecule has 0 saturated heterocycles. The Hall–Kier alpha value is -1.77. The predicted octanol–water partition coefficient (Wildman–Crippen LogP) is 4.30. The molecule has 3 nitrogen and oxygen atoms in total. The average Bonchev–Trinajstić information content (AvgIpc) is 3.00. The second-order valence-electron chi connectivity index (χ2n) is 4.02. The molecule has 0 aliphatic carbocycles. The van der Waals surface area contributed by atoms with Gasteiger partial charge in [-0.15, -0.1) is 0 Å². The van der Waals surface area contributed by atoms with Gasteiger partial charge in [-0.2, -0.15) is 0 Å². The summed E-state index contributed by atoms with van der Waals surface area (Å²) in [5.74, 6) is 1.75. The van der Waals surface area contributed by atoms with Crippen LogP contribution in [0.1, 0.15) is 43.2 Å². The van der Waals surface area contributed by atoms with E-state index in [1.807, 2.05) is 6.07 Å². The molecule has 3 heteroatoms. The van der Waals surface area contributed by atoms with Crippen molar-refractivity contribution in [3.8, 4) is 11.5 Å². The first-order valence-corrected chi connectivity index (χ1v) is 5.98. The molecule has 0 fully saturated rings. The molecule has 0 spiro atoms. The summed E-state index contributed by atoms with van der Waals surface area (Å²) in [6, 6.07) is 7.09. The minimum atomic E-state index is 0.0660. The Labute approximate surface area is 100 Å². The van der Waals surface area contributed by atoms with Crippen molar-refractivity contribution in [1.82, 2.24) is 0 Å². The lowest BCUT2D eigenvalue weighted by molar-refractivity contribution is 0.0953. The van der Waals surface area contributed by atoms with Crippen molar-refractivity contribution in [3.63, 3.8) is 0 Å². The standard InChI is InChI=1S/C14H16O3/c1-2-3-4-6-11(15)12-8-9-14(17-12)13-7-5-10-16-13/h5,7-10H,2-4,6H2,1H3. The molecule has 0 saturated carbocycles. The highest BCUT2D eigenvalue weighted by Crippen LogP contribution is 2.23. The average molecular weight is 232 g/mol. The van der Waals surface area contributed by atoms with Gasteiger partial charge in [-0.25, -0.2) is 0 Å². The Bertz CT molecular complexity index is 465. The summed E-state index contributed by atoms with van der Waals surface area (Å²) >= 11 is 0. The molecule has 0 atom stereocenters. The maximum absolute atomic E-state index is 11.8. The monoisotopic (exact) mass is 232 g/mol. The van der Waals surface area contributed by atoms with Crippen molar-refractivity contribution in [2.75, 3.05) is 0 Å². The van der Waals surface area contributed by atoms with Crippen LogP contribution in [0, 0.1) is 0 Å². The predicted molar refractivity (Wildman–Crippen MR) is 64.9 cm³/mol. The molecule has 0 bridgehead atoms. The third kappa shape index (κ3) is 2.87. The van der Waals surface area contributed by atoms with Crippen LogP contribution in [0.3, 0.4) is 0 Å². The fourth-order valence-electron chi connectivity index (χ4n) is 1.70. The van der Waals surface area contributed by atoms with E-state index in [-0.39, 0.29) is 5.78 Å². The molecule has 2 aromatic rings. The van der Waals surface area contributed by atoms with Gasteiger partial charge in [0, 0.05) is 6.42 Å². The van der Waals surface area contributed by atoms with Gasteiger partial charge >= 0.3 is 0 Å². The Morgan fingerprint density at radius 2 is 2.06 bits per heavy atom. The first kappa shape index (κ1) is 11.7. The second-order valence-corrected chi connectivity index (χ2v) is 4.02. The topological polar surface area (TPSA) is 43.4 Å². The van der Waals surface area contributed by atoms with Crippen molar-refractivity contribution < 1.29 is 13.6 Å². The molecule has 0 aliphatic rings. The van der Waals surface area contributed by atoms with Crippen molar-refractivity contribution in [2.24, 2.45) is 0 Å². The highest BCUT2D eigenvalue weighted by atomic mass is 16.4. The van der Waals surface area contributed by atoms with Crippen molar-refractivity contribution in [1.29, 1.82) is 0 Å². The van der Waals surface area contributed by atoms with Gasteiger partial charge in [-0.1, -0.05) is 19.8 Å². The molecule has 2 rings (SSSR count). The molecule has 0 radical (unpaired) electrons. The lowest BCUT2D eigenvalue weighted by Crippen LogP contribution is -1.96. The van der Waals surface area contributed by atoms with Crippen LogP contribution < -0.4 is 0 Å². The summed E-state index contributed by atoms with van der Waals surface area (Å²) in [6.07, 6.45) is 5.26. The normalized spacial score (nSPS) is 10.6. The van der Waals surface area contributed by atoms with E-state index >= 15 is 0 Å². The van der Waals surface area contributed by atoms with Crippen LogP contribution in [-0.4, -0.2) is 5.78 Å². The Balaban J connectivity index is 2.01. The zero-order valence-corrected chi connectivity index (χ0v) is 9.94. The summed E-state index contributed by atoms with van der Waals surface area (Å²) in [4.78, 5) is 11.8. The molecule has 2 heterocycles. The Morgan fingerprint density at radius 1 is 1.18 bits per heavy atom. The van der Waals surface area contributed by atoms with Gasteiger partial charge in [0.1, 0.15) is 0 Å². The third-order valence-corrected chi connectivity index (χ3v) is 2.65. The number of hydrogen-bond acceptors (Lipinski definition) is 3.